The smallest absolute Gasteiger partial charge is 0.303 e. The fourth-order valence-corrected chi connectivity index (χ4v) is 2.09. The molecule has 1 saturated heterocycles. The molecule has 3 heteroatoms. The van der Waals surface area contributed by atoms with E-state index in [4.69, 9.17) is 5.11 Å². The van der Waals surface area contributed by atoms with Gasteiger partial charge >= 0.3 is 5.97 Å². The van der Waals surface area contributed by atoms with Crippen molar-refractivity contribution in [3.63, 3.8) is 0 Å². The zero-order valence-electron chi connectivity index (χ0n) is 9.20. The van der Waals surface area contributed by atoms with E-state index in [9.17, 15) is 4.79 Å². The molecule has 1 heterocycles. The van der Waals surface area contributed by atoms with E-state index in [0.717, 1.165) is 19.5 Å². The van der Waals surface area contributed by atoms with Gasteiger partial charge in [0.15, 0.2) is 0 Å². The van der Waals surface area contributed by atoms with Gasteiger partial charge in [-0.2, -0.15) is 0 Å². The van der Waals surface area contributed by atoms with Gasteiger partial charge in [0.25, 0.3) is 0 Å². The first kappa shape index (κ1) is 11.5. The molecule has 0 saturated carbocycles. The van der Waals surface area contributed by atoms with E-state index in [2.05, 4.69) is 18.7 Å². The second-order valence-corrected chi connectivity index (χ2v) is 4.51. The van der Waals surface area contributed by atoms with E-state index >= 15 is 0 Å². The molecule has 0 aliphatic carbocycles. The van der Waals surface area contributed by atoms with Crippen molar-refractivity contribution in [2.45, 2.75) is 45.6 Å². The SMILES string of the molecule is CC(C)N1CCC(CCC(=O)O)CC1. The van der Waals surface area contributed by atoms with Crippen molar-refractivity contribution in [2.24, 2.45) is 5.92 Å². The maximum Gasteiger partial charge on any atom is 0.303 e. The van der Waals surface area contributed by atoms with Crippen molar-refractivity contribution in [3.05, 3.63) is 0 Å². The van der Waals surface area contributed by atoms with E-state index in [0.29, 0.717) is 18.4 Å². The molecule has 0 bridgehead atoms. The molecule has 14 heavy (non-hydrogen) atoms. The molecule has 0 aromatic heterocycles. The summed E-state index contributed by atoms with van der Waals surface area (Å²) in [6, 6.07) is 0.635. The van der Waals surface area contributed by atoms with Crippen LogP contribution >= 0.6 is 0 Å². The number of aliphatic carboxylic acids is 1. The number of carboxylic acid groups (broad SMARTS) is 1. The summed E-state index contributed by atoms with van der Waals surface area (Å²) in [7, 11) is 0. The van der Waals surface area contributed by atoms with E-state index in [1.54, 1.807) is 0 Å². The Kier molecular flexibility index (Phi) is 4.39. The average molecular weight is 199 g/mol. The van der Waals surface area contributed by atoms with Gasteiger partial charge in [0.2, 0.25) is 0 Å². The highest BCUT2D eigenvalue weighted by atomic mass is 16.4. The standard InChI is InChI=1S/C11H21NO2/c1-9(2)12-7-5-10(6-8-12)3-4-11(13)14/h9-10H,3-8H2,1-2H3,(H,13,14). The van der Waals surface area contributed by atoms with E-state index < -0.39 is 5.97 Å². The van der Waals surface area contributed by atoms with Crippen LogP contribution < -0.4 is 0 Å². The van der Waals surface area contributed by atoms with Gasteiger partial charge < -0.3 is 10.0 Å². The van der Waals surface area contributed by atoms with Crippen LogP contribution in [0.3, 0.4) is 0 Å². The number of hydrogen-bond donors (Lipinski definition) is 1. The third-order valence-electron chi connectivity index (χ3n) is 3.15. The zero-order chi connectivity index (χ0) is 10.6. The van der Waals surface area contributed by atoms with Crippen LogP contribution in [0.25, 0.3) is 0 Å². The minimum atomic E-state index is -0.656. The van der Waals surface area contributed by atoms with Gasteiger partial charge in [0, 0.05) is 12.5 Å². The molecule has 0 unspecified atom stereocenters. The Hall–Kier alpha value is -0.570. The maximum absolute atomic E-state index is 10.4. The number of carboxylic acids is 1. The van der Waals surface area contributed by atoms with Gasteiger partial charge in [-0.25, -0.2) is 0 Å². The summed E-state index contributed by atoms with van der Waals surface area (Å²) in [6.07, 6.45) is 3.55. The number of hydrogen-bond acceptors (Lipinski definition) is 2. The number of carbonyl (C=O) groups is 1. The number of likely N-dealkylation sites (tertiary alicyclic amines) is 1. The van der Waals surface area contributed by atoms with Crippen LogP contribution in [0.5, 0.6) is 0 Å². The molecule has 0 radical (unpaired) electrons. The Morgan fingerprint density at radius 3 is 2.43 bits per heavy atom. The minimum absolute atomic E-state index is 0.340. The van der Waals surface area contributed by atoms with Crippen molar-refractivity contribution in [1.29, 1.82) is 0 Å². The van der Waals surface area contributed by atoms with E-state index in [1.165, 1.54) is 12.8 Å². The van der Waals surface area contributed by atoms with Gasteiger partial charge in [-0.15, -0.1) is 0 Å². The third kappa shape index (κ3) is 3.66. The maximum atomic E-state index is 10.4. The first-order chi connectivity index (χ1) is 6.59. The van der Waals surface area contributed by atoms with Crippen LogP contribution in [-0.4, -0.2) is 35.1 Å². The molecule has 3 nitrogen and oxygen atoms in total. The molecule has 1 rings (SSSR count). The second kappa shape index (κ2) is 5.35. The van der Waals surface area contributed by atoms with Crippen molar-refractivity contribution in [1.82, 2.24) is 4.90 Å². The Balaban J connectivity index is 2.19. The van der Waals surface area contributed by atoms with Gasteiger partial charge in [-0.3, -0.25) is 4.79 Å². The Morgan fingerprint density at radius 1 is 1.43 bits per heavy atom. The Labute approximate surface area is 86.1 Å². The highest BCUT2D eigenvalue weighted by molar-refractivity contribution is 5.66. The van der Waals surface area contributed by atoms with E-state index in [-0.39, 0.29) is 0 Å². The lowest BCUT2D eigenvalue weighted by molar-refractivity contribution is -0.137. The molecular weight excluding hydrogens is 178 g/mol. The monoisotopic (exact) mass is 199 g/mol. The molecule has 1 fully saturated rings. The number of nitrogens with zero attached hydrogens (tertiary/aromatic N) is 1. The molecule has 0 aromatic rings. The summed E-state index contributed by atoms with van der Waals surface area (Å²) in [5, 5.41) is 8.57. The molecule has 0 aromatic carbocycles. The van der Waals surface area contributed by atoms with Crippen LogP contribution in [0, 0.1) is 5.92 Å². The summed E-state index contributed by atoms with van der Waals surface area (Å²) in [4.78, 5) is 12.9. The van der Waals surface area contributed by atoms with Crippen molar-refractivity contribution < 1.29 is 9.90 Å². The Morgan fingerprint density at radius 2 is 2.00 bits per heavy atom. The highest BCUT2D eigenvalue weighted by Crippen LogP contribution is 2.22. The summed E-state index contributed by atoms with van der Waals surface area (Å²) in [5.41, 5.74) is 0. The van der Waals surface area contributed by atoms with Crippen molar-refractivity contribution in [3.8, 4) is 0 Å². The lowest BCUT2D eigenvalue weighted by atomic mass is 9.92. The third-order valence-corrected chi connectivity index (χ3v) is 3.15. The summed E-state index contributed by atoms with van der Waals surface area (Å²) >= 11 is 0. The largest absolute Gasteiger partial charge is 0.481 e. The van der Waals surface area contributed by atoms with Crippen molar-refractivity contribution >= 4 is 5.97 Å². The molecule has 0 amide bonds. The van der Waals surface area contributed by atoms with Crippen LogP contribution in [0.15, 0.2) is 0 Å². The Bertz CT molecular complexity index is 184. The highest BCUT2D eigenvalue weighted by Gasteiger charge is 2.20. The summed E-state index contributed by atoms with van der Waals surface area (Å²) in [5.74, 6) is -0.0163. The first-order valence-corrected chi connectivity index (χ1v) is 5.55. The topological polar surface area (TPSA) is 40.5 Å². The first-order valence-electron chi connectivity index (χ1n) is 5.55. The molecule has 1 aliphatic heterocycles. The van der Waals surface area contributed by atoms with Crippen LogP contribution in [0.1, 0.15) is 39.5 Å². The fourth-order valence-electron chi connectivity index (χ4n) is 2.09. The summed E-state index contributed by atoms with van der Waals surface area (Å²) in [6.45, 7) is 6.72. The molecule has 0 spiro atoms. The lowest BCUT2D eigenvalue weighted by Gasteiger charge is -2.34. The number of rotatable bonds is 4. The molecule has 1 N–H and O–H groups in total. The lowest BCUT2D eigenvalue weighted by Crippen LogP contribution is -2.38. The van der Waals surface area contributed by atoms with Gasteiger partial charge in [0.1, 0.15) is 0 Å². The minimum Gasteiger partial charge on any atom is -0.481 e. The van der Waals surface area contributed by atoms with Crippen LogP contribution in [0.2, 0.25) is 0 Å². The number of piperidine rings is 1. The quantitative estimate of drug-likeness (QED) is 0.752. The summed E-state index contributed by atoms with van der Waals surface area (Å²) < 4.78 is 0. The molecular formula is C11H21NO2. The second-order valence-electron chi connectivity index (χ2n) is 4.51. The van der Waals surface area contributed by atoms with Crippen molar-refractivity contribution in [2.75, 3.05) is 13.1 Å². The zero-order valence-corrected chi connectivity index (χ0v) is 9.20. The fraction of sp³-hybridized carbons (Fsp3) is 0.909. The predicted molar refractivity (Wildman–Crippen MR) is 56.3 cm³/mol. The normalized spacial score (nSPS) is 20.2. The van der Waals surface area contributed by atoms with Crippen LogP contribution in [0.4, 0.5) is 0 Å². The van der Waals surface area contributed by atoms with Crippen LogP contribution in [-0.2, 0) is 4.79 Å². The van der Waals surface area contributed by atoms with Gasteiger partial charge in [-0.1, -0.05) is 0 Å². The molecule has 82 valence electrons. The van der Waals surface area contributed by atoms with Gasteiger partial charge in [-0.05, 0) is 52.1 Å². The van der Waals surface area contributed by atoms with E-state index in [1.807, 2.05) is 0 Å². The van der Waals surface area contributed by atoms with Gasteiger partial charge in [0.05, 0.1) is 0 Å². The average Bonchev–Trinajstić information content (AvgIpc) is 2.15. The molecule has 1 aliphatic rings. The molecule has 0 atom stereocenters. The predicted octanol–water partition coefficient (Wildman–Crippen LogP) is 1.97.